The van der Waals surface area contributed by atoms with Crippen molar-refractivity contribution in [2.75, 3.05) is 39.5 Å². The zero-order valence-electron chi connectivity index (χ0n) is 27.3. The molecule has 1 saturated heterocycles. The Hall–Kier alpha value is -3.64. The van der Waals surface area contributed by atoms with Crippen LogP contribution in [0.15, 0.2) is 29.8 Å². The van der Waals surface area contributed by atoms with Crippen LogP contribution in [-0.2, 0) is 35.2 Å². The number of halogens is 3. The predicted molar refractivity (Wildman–Crippen MR) is 171 cm³/mol. The van der Waals surface area contributed by atoms with Crippen LogP contribution in [0.3, 0.4) is 0 Å². The number of carbonyl (C=O) groups excluding carboxylic acids is 3. The van der Waals surface area contributed by atoms with E-state index in [1.807, 2.05) is 57.5 Å². The van der Waals surface area contributed by atoms with E-state index in [1.54, 1.807) is 11.3 Å². The van der Waals surface area contributed by atoms with Crippen LogP contribution in [0.4, 0.5) is 13.2 Å². The summed E-state index contributed by atoms with van der Waals surface area (Å²) in [5.41, 5.74) is 9.50. The van der Waals surface area contributed by atoms with Crippen molar-refractivity contribution in [3.8, 4) is 10.4 Å². The molecule has 1 aromatic heterocycles. The van der Waals surface area contributed by atoms with Crippen LogP contribution in [-0.4, -0.2) is 108 Å². The topological polar surface area (TPSA) is 193 Å². The highest BCUT2D eigenvalue weighted by Gasteiger charge is 2.44. The summed E-state index contributed by atoms with van der Waals surface area (Å²) in [5, 5.41) is 23.2. The lowest BCUT2D eigenvalue weighted by molar-refractivity contribution is -0.192. The van der Waals surface area contributed by atoms with E-state index in [0.29, 0.717) is 26.4 Å². The minimum Gasteiger partial charge on any atom is -0.475 e. The summed E-state index contributed by atoms with van der Waals surface area (Å²) in [6.45, 7) is 9.61. The first-order valence-electron chi connectivity index (χ1n) is 15.2. The summed E-state index contributed by atoms with van der Waals surface area (Å²) in [4.78, 5) is 55.2. The van der Waals surface area contributed by atoms with Gasteiger partial charge in [-0.15, -0.1) is 11.3 Å². The smallest absolute Gasteiger partial charge is 0.475 e. The number of alkyl halides is 3. The van der Waals surface area contributed by atoms with Gasteiger partial charge >= 0.3 is 12.1 Å². The molecule has 0 radical (unpaired) electrons. The quantitative estimate of drug-likeness (QED) is 0.182. The van der Waals surface area contributed by atoms with E-state index in [1.165, 1.54) is 4.90 Å². The van der Waals surface area contributed by atoms with Gasteiger partial charge in [-0.2, -0.15) is 13.2 Å². The fourth-order valence-electron chi connectivity index (χ4n) is 4.58. The Kier molecular flexibility index (Phi) is 15.9. The number of aromatic nitrogens is 1. The van der Waals surface area contributed by atoms with Gasteiger partial charge in [0.05, 0.1) is 48.6 Å². The lowest BCUT2D eigenvalue weighted by Gasteiger charge is -2.35. The molecule has 1 aromatic carbocycles. The van der Waals surface area contributed by atoms with Crippen molar-refractivity contribution in [1.82, 2.24) is 20.5 Å². The molecular formula is C31H44F3N5O8S. The monoisotopic (exact) mass is 703 g/mol. The molecule has 1 aliphatic rings. The highest BCUT2D eigenvalue weighted by molar-refractivity contribution is 7.13. The number of rotatable bonds is 14. The number of nitrogens with zero attached hydrogens (tertiary/aromatic N) is 2. The maximum atomic E-state index is 13.7. The van der Waals surface area contributed by atoms with Crippen LogP contribution in [0.5, 0.6) is 0 Å². The highest BCUT2D eigenvalue weighted by Crippen LogP contribution is 2.28. The molecule has 2 heterocycles. The van der Waals surface area contributed by atoms with Gasteiger partial charge in [0.15, 0.2) is 0 Å². The molecular weight excluding hydrogens is 659 g/mol. The van der Waals surface area contributed by atoms with Gasteiger partial charge in [0.1, 0.15) is 12.1 Å². The number of aryl methyl sites for hydroxylation is 1. The van der Waals surface area contributed by atoms with Crippen molar-refractivity contribution in [3.05, 3.63) is 41.0 Å². The summed E-state index contributed by atoms with van der Waals surface area (Å²) in [6.07, 6.45) is -5.71. The number of carboxylic acids is 1. The molecule has 3 atom stereocenters. The number of hydrogen-bond donors (Lipinski definition) is 5. The largest absolute Gasteiger partial charge is 0.490 e. The molecule has 2 aromatic rings. The summed E-state index contributed by atoms with van der Waals surface area (Å²) >= 11 is 1.58. The van der Waals surface area contributed by atoms with Crippen LogP contribution in [0.1, 0.15) is 44.9 Å². The number of aliphatic hydroxyl groups is 1. The van der Waals surface area contributed by atoms with Crippen LogP contribution in [0, 0.1) is 12.3 Å². The molecule has 48 heavy (non-hydrogen) atoms. The van der Waals surface area contributed by atoms with Gasteiger partial charge in [-0.05, 0) is 23.5 Å². The molecule has 1 fully saturated rings. The van der Waals surface area contributed by atoms with Gasteiger partial charge in [-0.1, -0.05) is 45.0 Å². The second kappa shape index (κ2) is 18.8. The maximum absolute atomic E-state index is 13.7. The maximum Gasteiger partial charge on any atom is 0.490 e. The fraction of sp³-hybridized carbons (Fsp3) is 0.581. The van der Waals surface area contributed by atoms with Crippen LogP contribution in [0.2, 0.25) is 0 Å². The van der Waals surface area contributed by atoms with Crippen molar-refractivity contribution < 1.29 is 52.0 Å². The number of nitrogens with one attached hydrogen (secondary N) is 2. The fourth-order valence-corrected chi connectivity index (χ4v) is 5.40. The van der Waals surface area contributed by atoms with Crippen molar-refractivity contribution in [2.45, 2.75) is 71.4 Å². The highest BCUT2D eigenvalue weighted by atomic mass is 32.1. The number of aliphatic carboxylic acids is 1. The van der Waals surface area contributed by atoms with Crippen molar-refractivity contribution in [1.29, 1.82) is 0 Å². The first-order chi connectivity index (χ1) is 22.4. The molecule has 6 N–H and O–H groups in total. The SMILES string of the molecule is Cc1ncsc1-c1ccc(CNC(=O)C2CC(O)CN2C(=O)C(NC(=O)CCOCCOCCN)C(C)(C)C)cc1.O=C(O)C(F)(F)F. The molecule has 17 heteroatoms. The molecule has 0 saturated carbocycles. The Labute approximate surface area is 281 Å². The first-order valence-corrected chi connectivity index (χ1v) is 16.0. The van der Waals surface area contributed by atoms with E-state index in [4.69, 9.17) is 25.1 Å². The predicted octanol–water partition coefficient (Wildman–Crippen LogP) is 2.24. The summed E-state index contributed by atoms with van der Waals surface area (Å²) in [6, 6.07) is 6.16. The van der Waals surface area contributed by atoms with Gasteiger partial charge in [0.2, 0.25) is 17.7 Å². The average molecular weight is 704 g/mol. The van der Waals surface area contributed by atoms with Gasteiger partial charge in [-0.3, -0.25) is 14.4 Å². The Morgan fingerprint density at radius 2 is 1.69 bits per heavy atom. The second-order valence-corrected chi connectivity index (χ2v) is 12.9. The van der Waals surface area contributed by atoms with Gasteiger partial charge in [0.25, 0.3) is 0 Å². The standard InChI is InChI=1S/C29H43N5O6S.C2HF3O2/c1-19-25(41-18-32-19)21-7-5-20(6-8-21)16-31-27(37)23-15-22(35)17-34(23)28(38)26(29(2,3)4)33-24(36)9-11-39-13-14-40-12-10-30;3-2(4,5)1(6)7/h5-8,18,22-23,26,35H,9-17,30H2,1-4H3,(H,31,37)(H,33,36);(H,6,7). The minimum atomic E-state index is -5.08. The average Bonchev–Trinajstić information content (AvgIpc) is 3.62. The zero-order chi connectivity index (χ0) is 36.1. The van der Waals surface area contributed by atoms with Crippen LogP contribution >= 0.6 is 11.3 Å². The number of carbonyl (C=O) groups is 4. The molecule has 0 bridgehead atoms. The number of hydrogen-bond acceptors (Lipinski definition) is 10. The van der Waals surface area contributed by atoms with Crippen molar-refractivity contribution >= 4 is 35.0 Å². The normalized spacial score (nSPS) is 16.9. The zero-order valence-corrected chi connectivity index (χ0v) is 28.2. The molecule has 13 nitrogen and oxygen atoms in total. The Morgan fingerprint density at radius 1 is 1.08 bits per heavy atom. The molecule has 3 unspecified atom stereocenters. The molecule has 268 valence electrons. The van der Waals surface area contributed by atoms with Crippen LogP contribution in [0.25, 0.3) is 10.4 Å². The Balaban J connectivity index is 0.00000103. The van der Waals surface area contributed by atoms with Crippen molar-refractivity contribution in [3.63, 3.8) is 0 Å². The van der Waals surface area contributed by atoms with E-state index in [0.717, 1.165) is 21.7 Å². The number of thiazole rings is 1. The first kappa shape index (κ1) is 40.5. The third kappa shape index (κ3) is 13.1. The van der Waals surface area contributed by atoms with Crippen molar-refractivity contribution in [2.24, 2.45) is 11.1 Å². The third-order valence-electron chi connectivity index (χ3n) is 7.06. The molecule has 3 amide bonds. The lowest BCUT2D eigenvalue weighted by Crippen LogP contribution is -2.57. The number of benzene rings is 1. The number of amides is 3. The Morgan fingerprint density at radius 3 is 2.21 bits per heavy atom. The Bertz CT molecular complexity index is 1350. The summed E-state index contributed by atoms with van der Waals surface area (Å²) in [5.74, 6) is -3.84. The number of carboxylic acid groups (broad SMARTS) is 1. The summed E-state index contributed by atoms with van der Waals surface area (Å²) < 4.78 is 42.4. The number of likely N-dealkylation sites (tertiary alicyclic amines) is 1. The molecule has 0 spiro atoms. The van der Waals surface area contributed by atoms with E-state index in [-0.39, 0.29) is 44.4 Å². The lowest BCUT2D eigenvalue weighted by atomic mass is 9.85. The molecule has 1 aliphatic heterocycles. The number of β-amino-alcohol motifs (C(OH)–C–C–N with tert-alkyl or cyclic N) is 1. The summed E-state index contributed by atoms with van der Waals surface area (Å²) in [7, 11) is 0. The third-order valence-corrected chi connectivity index (χ3v) is 8.04. The molecule has 3 rings (SSSR count). The number of aliphatic hydroxyl groups excluding tert-OH is 1. The van der Waals surface area contributed by atoms with E-state index in [9.17, 15) is 32.7 Å². The van der Waals surface area contributed by atoms with Gasteiger partial charge in [-0.25, -0.2) is 9.78 Å². The van der Waals surface area contributed by atoms with Gasteiger partial charge in [0, 0.05) is 32.5 Å². The van der Waals surface area contributed by atoms with E-state index >= 15 is 0 Å². The van der Waals surface area contributed by atoms with Crippen LogP contribution < -0.4 is 16.4 Å². The van der Waals surface area contributed by atoms with Gasteiger partial charge < -0.3 is 41.0 Å². The second-order valence-electron chi connectivity index (χ2n) is 12.0. The van der Waals surface area contributed by atoms with E-state index in [2.05, 4.69) is 15.6 Å². The number of nitrogens with two attached hydrogens (primary N) is 1. The molecule has 0 aliphatic carbocycles. The minimum absolute atomic E-state index is 0.0220. The number of ether oxygens (including phenoxy) is 2. The van der Waals surface area contributed by atoms with E-state index < -0.39 is 41.7 Å².